The highest BCUT2D eigenvalue weighted by Gasteiger charge is 2.17. The van der Waals surface area contributed by atoms with Crippen LogP contribution in [0.5, 0.6) is 0 Å². The Balaban J connectivity index is 2.09. The summed E-state index contributed by atoms with van der Waals surface area (Å²) in [5, 5.41) is 11.7. The van der Waals surface area contributed by atoms with Crippen LogP contribution in [0.1, 0.15) is 54.9 Å². The molecule has 0 saturated heterocycles. The zero-order valence-electron chi connectivity index (χ0n) is 14.4. The normalized spacial score (nSPS) is 13.0. The molecule has 0 atom stereocenters. The second kappa shape index (κ2) is 8.52. The fraction of sp³-hybridized carbons (Fsp3) is 0.474. The van der Waals surface area contributed by atoms with Crippen LogP contribution in [-0.2, 0) is 22.4 Å². The lowest BCUT2D eigenvalue weighted by atomic mass is 9.87. The fourth-order valence-corrected chi connectivity index (χ4v) is 2.93. The first kappa shape index (κ1) is 18.0. The van der Waals surface area contributed by atoms with Crippen molar-refractivity contribution < 1.29 is 19.4 Å². The van der Waals surface area contributed by atoms with E-state index in [-0.39, 0.29) is 6.42 Å². The number of carboxylic acids is 1. The molecular formula is C19H25NO4. The number of amides is 1. The SMILES string of the molecule is CCCCOC(=O)NC1=Cc2ccc(C)c(CCC(=O)O)c2CC1. The smallest absolute Gasteiger partial charge is 0.411 e. The van der Waals surface area contributed by atoms with Crippen molar-refractivity contribution in [2.45, 2.75) is 52.4 Å². The van der Waals surface area contributed by atoms with Gasteiger partial charge in [0, 0.05) is 12.1 Å². The maximum atomic E-state index is 11.8. The number of carboxylic acid groups (broad SMARTS) is 1. The Labute approximate surface area is 142 Å². The van der Waals surface area contributed by atoms with Crippen LogP contribution in [0.2, 0.25) is 0 Å². The van der Waals surface area contributed by atoms with E-state index in [4.69, 9.17) is 9.84 Å². The van der Waals surface area contributed by atoms with Gasteiger partial charge in [0.1, 0.15) is 0 Å². The zero-order chi connectivity index (χ0) is 17.5. The molecule has 1 aliphatic carbocycles. The summed E-state index contributed by atoms with van der Waals surface area (Å²) >= 11 is 0. The number of hydrogen-bond acceptors (Lipinski definition) is 3. The van der Waals surface area contributed by atoms with Crippen LogP contribution >= 0.6 is 0 Å². The van der Waals surface area contributed by atoms with Crippen molar-refractivity contribution in [2.24, 2.45) is 0 Å². The Bertz CT molecular complexity index is 649. The summed E-state index contributed by atoms with van der Waals surface area (Å²) < 4.78 is 5.12. The van der Waals surface area contributed by atoms with Crippen LogP contribution in [0.25, 0.3) is 6.08 Å². The van der Waals surface area contributed by atoms with Gasteiger partial charge < -0.3 is 9.84 Å². The molecule has 0 saturated carbocycles. The van der Waals surface area contributed by atoms with Gasteiger partial charge in [-0.15, -0.1) is 0 Å². The largest absolute Gasteiger partial charge is 0.481 e. The standard InChI is InChI=1S/C19H25NO4/c1-3-4-11-24-19(23)20-15-7-8-17-14(12-15)6-5-13(2)16(17)9-10-18(21)22/h5-6,12H,3-4,7-11H2,1-2H3,(H,20,23)(H,21,22). The average molecular weight is 331 g/mol. The quantitative estimate of drug-likeness (QED) is 0.745. The number of nitrogens with one attached hydrogen (secondary N) is 1. The first-order chi connectivity index (χ1) is 11.5. The number of ether oxygens (including phenoxy) is 1. The second-order valence-electron chi connectivity index (χ2n) is 6.11. The number of allylic oxidation sites excluding steroid dienone is 1. The maximum absolute atomic E-state index is 11.8. The van der Waals surface area contributed by atoms with Crippen LogP contribution in [0, 0.1) is 6.92 Å². The second-order valence-corrected chi connectivity index (χ2v) is 6.11. The average Bonchev–Trinajstić information content (AvgIpc) is 2.54. The minimum atomic E-state index is -0.782. The molecule has 2 N–H and O–H groups in total. The van der Waals surface area contributed by atoms with Gasteiger partial charge in [0.05, 0.1) is 6.61 Å². The first-order valence-corrected chi connectivity index (χ1v) is 8.48. The molecule has 2 rings (SSSR count). The predicted molar refractivity (Wildman–Crippen MR) is 92.8 cm³/mol. The van der Waals surface area contributed by atoms with E-state index in [2.05, 4.69) is 5.32 Å². The lowest BCUT2D eigenvalue weighted by Crippen LogP contribution is -2.25. The molecular weight excluding hydrogens is 306 g/mol. The maximum Gasteiger partial charge on any atom is 0.411 e. The Morgan fingerprint density at radius 2 is 2.08 bits per heavy atom. The number of carbonyl (C=O) groups is 2. The number of unbranched alkanes of at least 4 members (excludes halogenated alkanes) is 1. The monoisotopic (exact) mass is 331 g/mol. The summed E-state index contributed by atoms with van der Waals surface area (Å²) in [6, 6.07) is 4.03. The van der Waals surface area contributed by atoms with Crippen molar-refractivity contribution in [1.82, 2.24) is 5.32 Å². The molecule has 0 aliphatic heterocycles. The van der Waals surface area contributed by atoms with E-state index >= 15 is 0 Å². The minimum Gasteiger partial charge on any atom is -0.481 e. The van der Waals surface area contributed by atoms with Gasteiger partial charge in [-0.3, -0.25) is 10.1 Å². The minimum absolute atomic E-state index is 0.135. The van der Waals surface area contributed by atoms with E-state index in [1.165, 1.54) is 5.56 Å². The molecule has 0 unspecified atom stereocenters. The summed E-state index contributed by atoms with van der Waals surface area (Å²) in [6.07, 6.45) is 5.60. The zero-order valence-corrected chi connectivity index (χ0v) is 14.4. The molecule has 5 nitrogen and oxygen atoms in total. The Morgan fingerprint density at radius 1 is 1.29 bits per heavy atom. The number of alkyl carbamates (subject to hydrolysis) is 1. The van der Waals surface area contributed by atoms with E-state index in [9.17, 15) is 9.59 Å². The number of aryl methyl sites for hydroxylation is 1. The summed E-state index contributed by atoms with van der Waals surface area (Å²) in [6.45, 7) is 4.50. The topological polar surface area (TPSA) is 75.6 Å². The van der Waals surface area contributed by atoms with Crippen molar-refractivity contribution in [3.8, 4) is 0 Å². The van der Waals surface area contributed by atoms with Gasteiger partial charge in [-0.05, 0) is 60.9 Å². The molecule has 0 fully saturated rings. The predicted octanol–water partition coefficient (Wildman–Crippen LogP) is 3.83. The molecule has 1 aliphatic rings. The van der Waals surface area contributed by atoms with Crippen LogP contribution < -0.4 is 5.32 Å². The van der Waals surface area contributed by atoms with Crippen molar-refractivity contribution in [3.05, 3.63) is 40.1 Å². The lowest BCUT2D eigenvalue weighted by Gasteiger charge is -2.21. The Hall–Kier alpha value is -2.30. The summed E-state index contributed by atoms with van der Waals surface area (Å²) in [7, 11) is 0. The molecule has 1 aromatic rings. The molecule has 5 heteroatoms. The van der Waals surface area contributed by atoms with Crippen molar-refractivity contribution >= 4 is 18.1 Å². The Kier molecular flexibility index (Phi) is 6.41. The molecule has 0 heterocycles. The van der Waals surface area contributed by atoms with E-state index in [0.29, 0.717) is 13.0 Å². The lowest BCUT2D eigenvalue weighted by molar-refractivity contribution is -0.136. The van der Waals surface area contributed by atoms with Crippen molar-refractivity contribution in [2.75, 3.05) is 6.61 Å². The fourth-order valence-electron chi connectivity index (χ4n) is 2.93. The van der Waals surface area contributed by atoms with Crippen LogP contribution in [0.3, 0.4) is 0 Å². The summed E-state index contributed by atoms with van der Waals surface area (Å²) in [5.74, 6) is -0.782. The molecule has 1 amide bonds. The number of rotatable bonds is 7. The van der Waals surface area contributed by atoms with Gasteiger partial charge in [0.15, 0.2) is 0 Å². The van der Waals surface area contributed by atoms with E-state index in [0.717, 1.165) is 48.1 Å². The highest BCUT2D eigenvalue weighted by atomic mass is 16.5. The first-order valence-electron chi connectivity index (χ1n) is 8.48. The van der Waals surface area contributed by atoms with Crippen LogP contribution in [-0.4, -0.2) is 23.8 Å². The third-order valence-electron chi connectivity index (χ3n) is 4.26. The third kappa shape index (κ3) is 4.85. The third-order valence-corrected chi connectivity index (χ3v) is 4.26. The summed E-state index contributed by atoms with van der Waals surface area (Å²) in [4.78, 5) is 22.6. The van der Waals surface area contributed by atoms with Gasteiger partial charge >= 0.3 is 12.1 Å². The molecule has 130 valence electrons. The molecule has 1 aromatic carbocycles. The highest BCUT2D eigenvalue weighted by molar-refractivity contribution is 5.73. The molecule has 24 heavy (non-hydrogen) atoms. The van der Waals surface area contributed by atoms with Crippen LogP contribution in [0.4, 0.5) is 4.79 Å². The number of hydrogen-bond donors (Lipinski definition) is 2. The van der Waals surface area contributed by atoms with E-state index < -0.39 is 12.1 Å². The van der Waals surface area contributed by atoms with Gasteiger partial charge in [-0.1, -0.05) is 25.5 Å². The molecule has 0 bridgehead atoms. The van der Waals surface area contributed by atoms with E-state index in [1.54, 1.807) is 0 Å². The molecule has 0 aromatic heterocycles. The van der Waals surface area contributed by atoms with E-state index in [1.807, 2.05) is 32.1 Å². The van der Waals surface area contributed by atoms with Gasteiger partial charge in [-0.25, -0.2) is 4.79 Å². The summed E-state index contributed by atoms with van der Waals surface area (Å²) in [5.41, 5.74) is 5.34. The van der Waals surface area contributed by atoms with Crippen molar-refractivity contribution in [1.29, 1.82) is 0 Å². The number of aliphatic carboxylic acids is 1. The molecule has 0 radical (unpaired) electrons. The number of fused-ring (bicyclic) bond motifs is 1. The van der Waals surface area contributed by atoms with Crippen LogP contribution in [0.15, 0.2) is 17.8 Å². The van der Waals surface area contributed by atoms with Crippen molar-refractivity contribution in [3.63, 3.8) is 0 Å². The van der Waals surface area contributed by atoms with Gasteiger partial charge in [0.25, 0.3) is 0 Å². The number of benzene rings is 1. The highest BCUT2D eigenvalue weighted by Crippen LogP contribution is 2.28. The number of carbonyl (C=O) groups excluding carboxylic acids is 1. The Morgan fingerprint density at radius 3 is 2.79 bits per heavy atom. The van der Waals surface area contributed by atoms with Gasteiger partial charge in [-0.2, -0.15) is 0 Å². The molecule has 0 spiro atoms. The van der Waals surface area contributed by atoms with Gasteiger partial charge in [0.2, 0.25) is 0 Å².